The van der Waals surface area contributed by atoms with Gasteiger partial charge in [0.2, 0.25) is 0 Å². The van der Waals surface area contributed by atoms with Gasteiger partial charge in [0.1, 0.15) is 23.4 Å². The fraction of sp³-hybridized carbons (Fsp3) is 0.571. The van der Waals surface area contributed by atoms with Crippen molar-refractivity contribution in [1.29, 1.82) is 0 Å². The second kappa shape index (κ2) is 7.21. The normalized spacial score (nSPS) is 12.4. The molecule has 1 aromatic rings. The van der Waals surface area contributed by atoms with Gasteiger partial charge in [-0.15, -0.1) is 0 Å². The fourth-order valence-electron chi connectivity index (χ4n) is 1.73. The lowest BCUT2D eigenvalue weighted by molar-refractivity contribution is 0.00317. The fourth-order valence-corrected chi connectivity index (χ4v) is 1.73. The summed E-state index contributed by atoms with van der Waals surface area (Å²) in [7, 11) is 4.63. The first-order valence-electron chi connectivity index (χ1n) is 6.13. The average molecular weight is 270 g/mol. The van der Waals surface area contributed by atoms with Crippen LogP contribution in [0.5, 0.6) is 17.2 Å². The first-order chi connectivity index (χ1) is 9.03. The zero-order chi connectivity index (χ0) is 14.4. The van der Waals surface area contributed by atoms with E-state index in [1.54, 1.807) is 19.2 Å². The third-order valence-electron chi connectivity index (χ3n) is 2.67. The van der Waals surface area contributed by atoms with Crippen LogP contribution in [0.4, 0.5) is 0 Å². The lowest BCUT2D eigenvalue weighted by Gasteiger charge is -2.20. The maximum atomic E-state index is 10.2. The Kier molecular flexibility index (Phi) is 5.92. The van der Waals surface area contributed by atoms with Gasteiger partial charge in [-0.05, 0) is 13.8 Å². The predicted molar refractivity (Wildman–Crippen MR) is 72.1 cm³/mol. The van der Waals surface area contributed by atoms with E-state index in [-0.39, 0.29) is 12.7 Å². The van der Waals surface area contributed by atoms with Gasteiger partial charge in [0.05, 0.1) is 39.6 Å². The van der Waals surface area contributed by atoms with Crippen LogP contribution in [0.1, 0.15) is 25.5 Å². The van der Waals surface area contributed by atoms with Gasteiger partial charge in [0.15, 0.2) is 0 Å². The zero-order valence-corrected chi connectivity index (χ0v) is 12.1. The number of hydrogen-bond acceptors (Lipinski definition) is 5. The van der Waals surface area contributed by atoms with Crippen LogP contribution in [0, 0.1) is 0 Å². The van der Waals surface area contributed by atoms with Crippen LogP contribution in [0.25, 0.3) is 0 Å². The molecule has 1 unspecified atom stereocenters. The SMILES string of the molecule is COc1cc(OC)c(C(O)COC(C)C)c(OC)c1. The Hall–Kier alpha value is -1.46. The van der Waals surface area contributed by atoms with E-state index in [9.17, 15) is 5.11 Å². The van der Waals surface area contributed by atoms with Crippen molar-refractivity contribution in [3.8, 4) is 17.2 Å². The minimum Gasteiger partial charge on any atom is -0.496 e. The van der Waals surface area contributed by atoms with Crippen LogP contribution < -0.4 is 14.2 Å². The second-order valence-electron chi connectivity index (χ2n) is 4.34. The lowest BCUT2D eigenvalue weighted by atomic mass is 10.1. The highest BCUT2D eigenvalue weighted by Gasteiger charge is 2.21. The molecule has 1 N–H and O–H groups in total. The van der Waals surface area contributed by atoms with Gasteiger partial charge in [0.25, 0.3) is 0 Å². The Morgan fingerprint density at radius 3 is 1.89 bits per heavy atom. The topological polar surface area (TPSA) is 57.2 Å². The van der Waals surface area contributed by atoms with E-state index in [1.807, 2.05) is 13.8 Å². The summed E-state index contributed by atoms with van der Waals surface area (Å²) in [4.78, 5) is 0. The molecule has 1 atom stereocenters. The van der Waals surface area contributed by atoms with E-state index < -0.39 is 6.10 Å². The van der Waals surface area contributed by atoms with Gasteiger partial charge in [-0.3, -0.25) is 0 Å². The largest absolute Gasteiger partial charge is 0.496 e. The second-order valence-corrected chi connectivity index (χ2v) is 4.34. The van der Waals surface area contributed by atoms with E-state index in [4.69, 9.17) is 18.9 Å². The molecule has 0 spiro atoms. The van der Waals surface area contributed by atoms with E-state index in [0.717, 1.165) is 0 Å². The molecule has 19 heavy (non-hydrogen) atoms. The summed E-state index contributed by atoms with van der Waals surface area (Å²) in [6.45, 7) is 4.00. The van der Waals surface area contributed by atoms with E-state index in [1.165, 1.54) is 14.2 Å². The number of hydrogen-bond donors (Lipinski definition) is 1. The highest BCUT2D eigenvalue weighted by molar-refractivity contribution is 5.51. The minimum absolute atomic E-state index is 0.0462. The monoisotopic (exact) mass is 270 g/mol. The molecule has 0 saturated heterocycles. The van der Waals surface area contributed by atoms with Gasteiger partial charge in [-0.2, -0.15) is 0 Å². The Morgan fingerprint density at radius 1 is 1.00 bits per heavy atom. The maximum absolute atomic E-state index is 10.2. The average Bonchev–Trinajstić information content (AvgIpc) is 2.42. The first-order valence-corrected chi connectivity index (χ1v) is 6.13. The molecule has 0 fully saturated rings. The molecule has 0 heterocycles. The third-order valence-corrected chi connectivity index (χ3v) is 2.67. The number of ether oxygens (including phenoxy) is 4. The Balaban J connectivity index is 3.08. The van der Waals surface area contributed by atoms with Crippen molar-refractivity contribution in [2.45, 2.75) is 26.1 Å². The summed E-state index contributed by atoms with van der Waals surface area (Å²) >= 11 is 0. The molecular weight excluding hydrogens is 248 g/mol. The van der Waals surface area contributed by atoms with Gasteiger partial charge in [0, 0.05) is 12.1 Å². The quantitative estimate of drug-likeness (QED) is 0.823. The van der Waals surface area contributed by atoms with E-state index >= 15 is 0 Å². The van der Waals surface area contributed by atoms with Gasteiger partial charge >= 0.3 is 0 Å². The minimum atomic E-state index is -0.821. The summed E-state index contributed by atoms with van der Waals surface area (Å²) in [5, 5.41) is 10.2. The summed E-state index contributed by atoms with van der Waals surface area (Å²) in [6.07, 6.45) is -0.775. The summed E-state index contributed by atoms with van der Waals surface area (Å²) in [5.41, 5.74) is 0.562. The highest BCUT2D eigenvalue weighted by atomic mass is 16.5. The van der Waals surface area contributed by atoms with Crippen molar-refractivity contribution in [2.75, 3.05) is 27.9 Å². The molecule has 0 amide bonds. The van der Waals surface area contributed by atoms with Crippen molar-refractivity contribution < 1.29 is 24.1 Å². The van der Waals surface area contributed by atoms with Crippen molar-refractivity contribution in [3.63, 3.8) is 0 Å². The predicted octanol–water partition coefficient (Wildman–Crippen LogP) is 2.17. The standard InChI is InChI=1S/C14H22O5/c1-9(2)19-8-11(15)14-12(17-4)6-10(16-3)7-13(14)18-5/h6-7,9,11,15H,8H2,1-5H3. The van der Waals surface area contributed by atoms with Gasteiger partial charge in [-0.1, -0.05) is 0 Å². The molecule has 108 valence electrons. The third kappa shape index (κ3) is 4.01. The van der Waals surface area contributed by atoms with Crippen LogP contribution in [-0.2, 0) is 4.74 Å². The van der Waals surface area contributed by atoms with E-state index in [0.29, 0.717) is 22.8 Å². The molecule has 1 rings (SSSR count). The van der Waals surface area contributed by atoms with Gasteiger partial charge < -0.3 is 24.1 Å². The number of methoxy groups -OCH3 is 3. The van der Waals surface area contributed by atoms with Crippen molar-refractivity contribution in [2.24, 2.45) is 0 Å². The molecule has 5 nitrogen and oxygen atoms in total. The molecular formula is C14H22O5. The molecule has 0 aliphatic rings. The number of rotatable bonds is 7. The van der Waals surface area contributed by atoms with Crippen molar-refractivity contribution in [3.05, 3.63) is 17.7 Å². The molecule has 5 heteroatoms. The summed E-state index contributed by atoms with van der Waals surface area (Å²) < 4.78 is 21.1. The van der Waals surface area contributed by atoms with Crippen LogP contribution in [-0.4, -0.2) is 39.1 Å². The van der Waals surface area contributed by atoms with Crippen molar-refractivity contribution in [1.82, 2.24) is 0 Å². The van der Waals surface area contributed by atoms with Crippen LogP contribution in [0.15, 0.2) is 12.1 Å². The van der Waals surface area contributed by atoms with Crippen LogP contribution in [0.3, 0.4) is 0 Å². The number of aliphatic hydroxyl groups is 1. The van der Waals surface area contributed by atoms with Crippen molar-refractivity contribution >= 4 is 0 Å². The molecule has 0 saturated carbocycles. The maximum Gasteiger partial charge on any atom is 0.132 e. The molecule has 0 aromatic heterocycles. The zero-order valence-electron chi connectivity index (χ0n) is 12.1. The summed E-state index contributed by atoms with van der Waals surface area (Å²) in [6, 6.07) is 3.41. The molecule has 0 aliphatic heterocycles. The van der Waals surface area contributed by atoms with Crippen LogP contribution >= 0.6 is 0 Å². The highest BCUT2D eigenvalue weighted by Crippen LogP contribution is 2.38. The molecule has 0 radical (unpaired) electrons. The first kappa shape index (κ1) is 15.6. The van der Waals surface area contributed by atoms with Gasteiger partial charge in [-0.25, -0.2) is 0 Å². The Morgan fingerprint density at radius 2 is 1.53 bits per heavy atom. The molecule has 0 bridgehead atoms. The number of aliphatic hydroxyl groups excluding tert-OH is 1. The Bertz CT molecular complexity index is 378. The Labute approximate surface area is 114 Å². The molecule has 1 aromatic carbocycles. The van der Waals surface area contributed by atoms with E-state index in [2.05, 4.69) is 0 Å². The van der Waals surface area contributed by atoms with Crippen LogP contribution in [0.2, 0.25) is 0 Å². The molecule has 0 aliphatic carbocycles. The number of benzene rings is 1. The summed E-state index contributed by atoms with van der Waals surface area (Å²) in [5.74, 6) is 1.63. The smallest absolute Gasteiger partial charge is 0.132 e. The lowest BCUT2D eigenvalue weighted by Crippen LogP contribution is -2.13.